The van der Waals surface area contributed by atoms with Crippen LogP contribution in [0.3, 0.4) is 0 Å². The number of nitrogens with zero attached hydrogens (tertiary/aromatic N) is 5. The highest BCUT2D eigenvalue weighted by Gasteiger charge is 2.29. The second-order valence-electron chi connectivity index (χ2n) is 7.54. The molecule has 0 aliphatic carbocycles. The Morgan fingerprint density at radius 3 is 3.04 bits per heavy atom. The Morgan fingerprint density at radius 1 is 1.44 bits per heavy atom. The van der Waals surface area contributed by atoms with Crippen LogP contribution in [0.25, 0.3) is 16.7 Å². The zero-order valence-electron chi connectivity index (χ0n) is 15.6. The van der Waals surface area contributed by atoms with Gasteiger partial charge in [-0.3, -0.25) is 9.59 Å². The second-order valence-corrected chi connectivity index (χ2v) is 7.54. The number of rotatable bonds is 3. The lowest BCUT2D eigenvalue weighted by atomic mass is 9.94. The molecule has 3 aromatic rings. The van der Waals surface area contributed by atoms with Gasteiger partial charge in [-0.25, -0.2) is 4.98 Å². The summed E-state index contributed by atoms with van der Waals surface area (Å²) in [5.74, 6) is 0.833. The number of pyridine rings is 1. The van der Waals surface area contributed by atoms with E-state index < -0.39 is 0 Å². The van der Waals surface area contributed by atoms with Gasteiger partial charge in [-0.1, -0.05) is 0 Å². The minimum Gasteiger partial charge on any atom is -0.375 e. The van der Waals surface area contributed by atoms with E-state index in [1.54, 1.807) is 23.7 Å². The van der Waals surface area contributed by atoms with E-state index in [4.69, 9.17) is 4.74 Å². The topological polar surface area (TPSA) is 103 Å². The second kappa shape index (κ2) is 6.41. The summed E-state index contributed by atoms with van der Waals surface area (Å²) in [6, 6.07) is 1.81. The van der Waals surface area contributed by atoms with Gasteiger partial charge in [0.15, 0.2) is 0 Å². The molecule has 1 aliphatic rings. The third kappa shape index (κ3) is 3.42. The lowest BCUT2D eigenvalue weighted by Crippen LogP contribution is -2.47. The standard InChI is InChI=1S/C18H22N6O3/c1-11-20-17-19-9-13-14(24(17)22-11)4-6-23(16(13)26)10-15(25)21-12-5-7-27-18(2,3)8-12/h4,6,9,12H,5,7-8,10H2,1-3H3,(H,21,25)/t12-/m1/s1. The molecule has 0 aromatic carbocycles. The maximum absolute atomic E-state index is 12.8. The number of hydrogen-bond donors (Lipinski definition) is 1. The Bertz CT molecular complexity index is 1080. The Balaban J connectivity index is 1.57. The number of aromatic nitrogens is 5. The minimum atomic E-state index is -0.280. The Hall–Kier alpha value is -2.81. The molecule has 0 radical (unpaired) electrons. The third-order valence-corrected chi connectivity index (χ3v) is 4.79. The smallest absolute Gasteiger partial charge is 0.262 e. The van der Waals surface area contributed by atoms with E-state index in [1.807, 2.05) is 13.8 Å². The Labute approximate surface area is 155 Å². The SMILES string of the molecule is Cc1nc2ncc3c(=O)n(CC(=O)N[C@@H]4CCOC(C)(C)C4)ccc3n2n1. The maximum Gasteiger partial charge on any atom is 0.262 e. The molecule has 1 saturated heterocycles. The molecule has 9 heteroatoms. The van der Waals surface area contributed by atoms with Crippen molar-refractivity contribution in [2.45, 2.75) is 51.8 Å². The van der Waals surface area contributed by atoms with E-state index in [-0.39, 0.29) is 29.7 Å². The number of ether oxygens (including phenoxy) is 1. The van der Waals surface area contributed by atoms with Crippen LogP contribution >= 0.6 is 0 Å². The molecule has 1 aliphatic heterocycles. The van der Waals surface area contributed by atoms with E-state index in [2.05, 4.69) is 20.4 Å². The van der Waals surface area contributed by atoms with E-state index in [9.17, 15) is 9.59 Å². The fourth-order valence-electron chi connectivity index (χ4n) is 3.57. The van der Waals surface area contributed by atoms with Crippen LogP contribution in [0, 0.1) is 6.92 Å². The molecule has 0 saturated carbocycles. The number of carbonyl (C=O) groups excluding carboxylic acids is 1. The summed E-state index contributed by atoms with van der Waals surface area (Å²) >= 11 is 0. The van der Waals surface area contributed by atoms with E-state index in [0.717, 1.165) is 12.8 Å². The van der Waals surface area contributed by atoms with Crippen molar-refractivity contribution in [1.29, 1.82) is 0 Å². The van der Waals surface area contributed by atoms with Gasteiger partial charge in [0.2, 0.25) is 5.91 Å². The van der Waals surface area contributed by atoms with Crippen LogP contribution in [0.2, 0.25) is 0 Å². The van der Waals surface area contributed by atoms with Gasteiger partial charge >= 0.3 is 0 Å². The number of amides is 1. The van der Waals surface area contributed by atoms with E-state index >= 15 is 0 Å². The predicted molar refractivity (Wildman–Crippen MR) is 98.5 cm³/mol. The van der Waals surface area contributed by atoms with E-state index in [1.165, 1.54) is 10.8 Å². The fraction of sp³-hybridized carbons (Fsp3) is 0.500. The Kier molecular flexibility index (Phi) is 4.18. The molecular formula is C18H22N6O3. The van der Waals surface area contributed by atoms with Crippen LogP contribution in [0.4, 0.5) is 0 Å². The molecule has 142 valence electrons. The van der Waals surface area contributed by atoms with Crippen molar-refractivity contribution in [2.24, 2.45) is 0 Å². The van der Waals surface area contributed by atoms with Gasteiger partial charge in [0.05, 0.1) is 16.5 Å². The van der Waals surface area contributed by atoms with Crippen LogP contribution in [0.15, 0.2) is 23.3 Å². The van der Waals surface area contributed by atoms with Gasteiger partial charge in [0, 0.05) is 25.0 Å². The molecule has 0 unspecified atom stereocenters. The summed E-state index contributed by atoms with van der Waals surface area (Å²) in [5, 5.41) is 7.68. The lowest BCUT2D eigenvalue weighted by Gasteiger charge is -2.35. The summed E-state index contributed by atoms with van der Waals surface area (Å²) in [6.07, 6.45) is 4.61. The molecule has 0 spiro atoms. The lowest BCUT2D eigenvalue weighted by molar-refractivity contribution is -0.124. The van der Waals surface area contributed by atoms with Gasteiger partial charge in [0.25, 0.3) is 11.3 Å². The van der Waals surface area contributed by atoms with Gasteiger partial charge in [-0.2, -0.15) is 9.50 Å². The van der Waals surface area contributed by atoms with Crippen molar-refractivity contribution >= 4 is 22.6 Å². The molecule has 3 aromatic heterocycles. The molecule has 27 heavy (non-hydrogen) atoms. The van der Waals surface area contributed by atoms with Crippen molar-refractivity contribution in [3.63, 3.8) is 0 Å². The first-order valence-electron chi connectivity index (χ1n) is 8.97. The van der Waals surface area contributed by atoms with Crippen molar-refractivity contribution in [1.82, 2.24) is 29.5 Å². The van der Waals surface area contributed by atoms with Gasteiger partial charge in [0.1, 0.15) is 12.4 Å². The fourth-order valence-corrected chi connectivity index (χ4v) is 3.57. The van der Waals surface area contributed by atoms with Crippen LogP contribution in [-0.2, 0) is 16.1 Å². The predicted octanol–water partition coefficient (Wildman–Crippen LogP) is 0.821. The van der Waals surface area contributed by atoms with Crippen LogP contribution in [-0.4, -0.2) is 48.3 Å². The first-order valence-corrected chi connectivity index (χ1v) is 8.97. The molecule has 1 fully saturated rings. The highest BCUT2D eigenvalue weighted by Crippen LogP contribution is 2.23. The van der Waals surface area contributed by atoms with E-state index in [0.29, 0.717) is 29.1 Å². The normalized spacial score (nSPS) is 19.4. The van der Waals surface area contributed by atoms with Gasteiger partial charge in [-0.05, 0) is 39.7 Å². The number of carbonyl (C=O) groups is 1. The zero-order valence-corrected chi connectivity index (χ0v) is 15.6. The number of fused-ring (bicyclic) bond motifs is 3. The Morgan fingerprint density at radius 2 is 2.26 bits per heavy atom. The monoisotopic (exact) mass is 370 g/mol. The molecule has 4 heterocycles. The highest BCUT2D eigenvalue weighted by molar-refractivity contribution is 5.80. The molecule has 1 atom stereocenters. The van der Waals surface area contributed by atoms with Crippen molar-refractivity contribution < 1.29 is 9.53 Å². The van der Waals surface area contributed by atoms with Crippen LogP contribution in [0.5, 0.6) is 0 Å². The third-order valence-electron chi connectivity index (χ3n) is 4.79. The van der Waals surface area contributed by atoms with Crippen LogP contribution in [0.1, 0.15) is 32.5 Å². The molecule has 1 N–H and O–H groups in total. The molecule has 4 rings (SSSR count). The number of nitrogens with one attached hydrogen (secondary N) is 1. The maximum atomic E-state index is 12.8. The van der Waals surface area contributed by atoms with Crippen molar-refractivity contribution in [3.8, 4) is 0 Å². The highest BCUT2D eigenvalue weighted by atomic mass is 16.5. The average molecular weight is 370 g/mol. The quantitative estimate of drug-likeness (QED) is 0.732. The van der Waals surface area contributed by atoms with Gasteiger partial charge < -0.3 is 14.6 Å². The summed E-state index contributed by atoms with van der Waals surface area (Å²) in [6.45, 7) is 6.37. The van der Waals surface area contributed by atoms with Gasteiger partial charge in [-0.15, -0.1) is 5.10 Å². The molecule has 0 bridgehead atoms. The van der Waals surface area contributed by atoms with Crippen LogP contribution < -0.4 is 10.9 Å². The van der Waals surface area contributed by atoms with Crippen molar-refractivity contribution in [3.05, 3.63) is 34.6 Å². The largest absolute Gasteiger partial charge is 0.375 e. The number of aryl methyl sites for hydroxylation is 1. The minimum absolute atomic E-state index is 0.0407. The molecule has 9 nitrogen and oxygen atoms in total. The summed E-state index contributed by atoms with van der Waals surface area (Å²) in [4.78, 5) is 33.6. The summed E-state index contributed by atoms with van der Waals surface area (Å²) in [5.41, 5.74) is 0.0918. The molecular weight excluding hydrogens is 348 g/mol. The zero-order chi connectivity index (χ0) is 19.2. The first kappa shape index (κ1) is 17.6. The summed E-state index contributed by atoms with van der Waals surface area (Å²) in [7, 11) is 0. The number of hydrogen-bond acceptors (Lipinski definition) is 6. The average Bonchev–Trinajstić information content (AvgIpc) is 2.97. The van der Waals surface area contributed by atoms with Crippen molar-refractivity contribution in [2.75, 3.05) is 6.61 Å². The summed E-state index contributed by atoms with van der Waals surface area (Å²) < 4.78 is 8.60. The molecule has 1 amide bonds. The first-order chi connectivity index (χ1) is 12.8.